The van der Waals surface area contributed by atoms with Crippen LogP contribution in [0.15, 0.2) is 30.3 Å². The fraction of sp³-hybridized carbons (Fsp3) is 0.500. The highest BCUT2D eigenvalue weighted by molar-refractivity contribution is 5.45. The number of hydrogen-bond acceptors (Lipinski definition) is 1. The zero-order valence-electron chi connectivity index (χ0n) is 9.56. The molecule has 1 aromatic rings. The molecule has 0 atom stereocenters. The number of carbonyl (C=O) groups is 1. The minimum Gasteiger partial charge on any atom is -0.358 e. The van der Waals surface area contributed by atoms with E-state index in [0.717, 1.165) is 18.9 Å². The minimum absolute atomic E-state index is 0.685. The number of amides is 1. The summed E-state index contributed by atoms with van der Waals surface area (Å²) >= 11 is 0. The van der Waals surface area contributed by atoms with E-state index >= 15 is 0 Å². The van der Waals surface area contributed by atoms with Crippen LogP contribution < -0.4 is 5.32 Å². The highest BCUT2D eigenvalue weighted by atomic mass is 16.1. The Labute approximate surface area is 97.1 Å². The lowest BCUT2D eigenvalue weighted by Gasteiger charge is -2.28. The summed E-state index contributed by atoms with van der Waals surface area (Å²) in [7, 11) is 0. The van der Waals surface area contributed by atoms with Gasteiger partial charge in [0.1, 0.15) is 0 Å². The van der Waals surface area contributed by atoms with Crippen LogP contribution >= 0.6 is 0 Å². The van der Waals surface area contributed by atoms with Gasteiger partial charge in [-0.1, -0.05) is 30.3 Å². The molecular formula is C14H19NO. The number of benzene rings is 1. The average Bonchev–Trinajstić information content (AvgIpc) is 2.38. The van der Waals surface area contributed by atoms with E-state index in [1.807, 2.05) is 0 Å². The molecule has 2 heteroatoms. The topological polar surface area (TPSA) is 29.1 Å². The Morgan fingerprint density at radius 3 is 2.44 bits per heavy atom. The van der Waals surface area contributed by atoms with E-state index in [9.17, 15) is 4.79 Å². The second-order valence-electron chi connectivity index (χ2n) is 4.65. The van der Waals surface area contributed by atoms with E-state index in [1.54, 1.807) is 0 Å². The first-order valence-electron chi connectivity index (χ1n) is 6.12. The van der Waals surface area contributed by atoms with Crippen LogP contribution in [0.25, 0.3) is 0 Å². The third-order valence-electron chi connectivity index (χ3n) is 3.61. The number of nitrogens with one attached hydrogen (secondary N) is 1. The van der Waals surface area contributed by atoms with Crippen molar-refractivity contribution in [2.45, 2.75) is 31.6 Å². The fourth-order valence-electron chi connectivity index (χ4n) is 2.64. The molecule has 0 heterocycles. The maximum absolute atomic E-state index is 10.2. The Bertz CT molecular complexity index is 315. The van der Waals surface area contributed by atoms with Crippen LogP contribution in [0.2, 0.25) is 0 Å². The normalized spacial score (nSPS) is 25.0. The van der Waals surface area contributed by atoms with Gasteiger partial charge in [0.15, 0.2) is 0 Å². The minimum atomic E-state index is 0.685. The van der Waals surface area contributed by atoms with Gasteiger partial charge >= 0.3 is 0 Å². The van der Waals surface area contributed by atoms with Gasteiger partial charge in [-0.15, -0.1) is 0 Å². The van der Waals surface area contributed by atoms with Crippen molar-refractivity contribution in [3.05, 3.63) is 35.9 Å². The van der Waals surface area contributed by atoms with Crippen molar-refractivity contribution >= 4 is 6.41 Å². The molecule has 1 aliphatic carbocycles. The predicted octanol–water partition coefficient (Wildman–Crippen LogP) is 2.71. The third kappa shape index (κ3) is 2.84. The molecule has 2 nitrogen and oxygen atoms in total. The van der Waals surface area contributed by atoms with Gasteiger partial charge in [-0.25, -0.2) is 0 Å². The van der Waals surface area contributed by atoms with Gasteiger partial charge in [-0.05, 0) is 43.1 Å². The van der Waals surface area contributed by atoms with Gasteiger partial charge in [-0.3, -0.25) is 4.79 Å². The van der Waals surface area contributed by atoms with Crippen molar-refractivity contribution in [2.75, 3.05) is 6.54 Å². The first-order chi connectivity index (χ1) is 7.90. The van der Waals surface area contributed by atoms with Gasteiger partial charge in [0.05, 0.1) is 0 Å². The maximum atomic E-state index is 10.2. The lowest BCUT2D eigenvalue weighted by Crippen LogP contribution is -2.25. The second-order valence-corrected chi connectivity index (χ2v) is 4.65. The van der Waals surface area contributed by atoms with Gasteiger partial charge < -0.3 is 5.32 Å². The Hall–Kier alpha value is -1.31. The molecule has 1 aliphatic rings. The Kier molecular flexibility index (Phi) is 3.97. The van der Waals surface area contributed by atoms with Gasteiger partial charge in [0.2, 0.25) is 6.41 Å². The van der Waals surface area contributed by atoms with E-state index in [0.29, 0.717) is 5.92 Å². The molecule has 0 radical (unpaired) electrons. The first-order valence-corrected chi connectivity index (χ1v) is 6.12. The van der Waals surface area contributed by atoms with Crippen molar-refractivity contribution in [3.63, 3.8) is 0 Å². The first kappa shape index (κ1) is 11.2. The molecule has 0 saturated heterocycles. The molecule has 0 aliphatic heterocycles. The lowest BCUT2D eigenvalue weighted by molar-refractivity contribution is -0.109. The Morgan fingerprint density at radius 1 is 1.12 bits per heavy atom. The molecular weight excluding hydrogens is 198 g/mol. The number of hydrogen-bond donors (Lipinski definition) is 1. The molecule has 0 unspecified atom stereocenters. The summed E-state index contributed by atoms with van der Waals surface area (Å²) in [6, 6.07) is 10.8. The monoisotopic (exact) mass is 217 g/mol. The molecule has 0 aromatic heterocycles. The highest BCUT2D eigenvalue weighted by Gasteiger charge is 2.21. The summed E-state index contributed by atoms with van der Waals surface area (Å²) in [5.41, 5.74) is 1.48. The summed E-state index contributed by atoms with van der Waals surface area (Å²) in [5.74, 6) is 1.42. The average molecular weight is 217 g/mol. The molecule has 1 N–H and O–H groups in total. The predicted molar refractivity (Wildman–Crippen MR) is 65.2 cm³/mol. The molecule has 0 bridgehead atoms. The van der Waals surface area contributed by atoms with Gasteiger partial charge in [0, 0.05) is 6.54 Å². The quantitative estimate of drug-likeness (QED) is 0.772. The molecule has 1 saturated carbocycles. The largest absolute Gasteiger partial charge is 0.358 e. The molecule has 86 valence electrons. The highest BCUT2D eigenvalue weighted by Crippen LogP contribution is 2.35. The summed E-state index contributed by atoms with van der Waals surface area (Å²) in [6.07, 6.45) is 5.80. The number of carbonyl (C=O) groups excluding carboxylic acids is 1. The van der Waals surface area contributed by atoms with E-state index < -0.39 is 0 Å². The van der Waals surface area contributed by atoms with Crippen molar-refractivity contribution in [1.82, 2.24) is 5.32 Å². The maximum Gasteiger partial charge on any atom is 0.207 e. The summed E-state index contributed by atoms with van der Waals surface area (Å²) in [6.45, 7) is 0.852. The summed E-state index contributed by atoms with van der Waals surface area (Å²) in [5, 5.41) is 2.79. The Balaban J connectivity index is 1.83. The standard InChI is InChI=1S/C14H19NO/c16-11-15-10-12-6-8-14(9-7-12)13-4-2-1-3-5-13/h1-5,11-12,14H,6-10H2,(H,15,16). The SMILES string of the molecule is O=CNCC1CCC(c2ccccc2)CC1. The number of rotatable bonds is 4. The van der Waals surface area contributed by atoms with E-state index in [4.69, 9.17) is 0 Å². The van der Waals surface area contributed by atoms with Crippen LogP contribution in [0.3, 0.4) is 0 Å². The molecule has 1 aromatic carbocycles. The van der Waals surface area contributed by atoms with Crippen LogP contribution in [0.5, 0.6) is 0 Å². The summed E-state index contributed by atoms with van der Waals surface area (Å²) < 4.78 is 0. The van der Waals surface area contributed by atoms with Crippen molar-refractivity contribution < 1.29 is 4.79 Å². The van der Waals surface area contributed by atoms with Crippen LogP contribution in [0.1, 0.15) is 37.2 Å². The molecule has 0 spiro atoms. The fourth-order valence-corrected chi connectivity index (χ4v) is 2.64. The molecule has 16 heavy (non-hydrogen) atoms. The van der Waals surface area contributed by atoms with Crippen molar-refractivity contribution in [2.24, 2.45) is 5.92 Å². The Morgan fingerprint density at radius 2 is 1.81 bits per heavy atom. The molecule has 1 fully saturated rings. The third-order valence-corrected chi connectivity index (χ3v) is 3.61. The van der Waals surface area contributed by atoms with Crippen LogP contribution in [0, 0.1) is 5.92 Å². The summed E-state index contributed by atoms with van der Waals surface area (Å²) in [4.78, 5) is 10.2. The van der Waals surface area contributed by atoms with Crippen LogP contribution in [-0.2, 0) is 4.79 Å². The van der Waals surface area contributed by atoms with Crippen molar-refractivity contribution in [1.29, 1.82) is 0 Å². The zero-order valence-corrected chi connectivity index (χ0v) is 9.56. The second kappa shape index (κ2) is 5.69. The smallest absolute Gasteiger partial charge is 0.207 e. The van der Waals surface area contributed by atoms with Crippen molar-refractivity contribution in [3.8, 4) is 0 Å². The van der Waals surface area contributed by atoms with E-state index in [-0.39, 0.29) is 0 Å². The zero-order chi connectivity index (χ0) is 11.2. The molecule has 1 amide bonds. The molecule has 2 rings (SSSR count). The van der Waals surface area contributed by atoms with Gasteiger partial charge in [-0.2, -0.15) is 0 Å². The van der Waals surface area contributed by atoms with E-state index in [1.165, 1.54) is 31.2 Å². The van der Waals surface area contributed by atoms with Crippen LogP contribution in [0.4, 0.5) is 0 Å². The van der Waals surface area contributed by atoms with E-state index in [2.05, 4.69) is 35.6 Å². The van der Waals surface area contributed by atoms with Gasteiger partial charge in [0.25, 0.3) is 0 Å². The lowest BCUT2D eigenvalue weighted by atomic mass is 9.79. The van der Waals surface area contributed by atoms with Crippen LogP contribution in [-0.4, -0.2) is 13.0 Å².